The van der Waals surface area contributed by atoms with Crippen LogP contribution in [0.2, 0.25) is 0 Å². The summed E-state index contributed by atoms with van der Waals surface area (Å²) in [6.45, 7) is 4.15. The third-order valence-corrected chi connectivity index (χ3v) is 4.14. The summed E-state index contributed by atoms with van der Waals surface area (Å²) in [6, 6.07) is 9.46. The van der Waals surface area contributed by atoms with Gasteiger partial charge in [0.15, 0.2) is 0 Å². The first-order chi connectivity index (χ1) is 9.81. The predicted octanol–water partition coefficient (Wildman–Crippen LogP) is 3.60. The van der Waals surface area contributed by atoms with E-state index in [1.165, 1.54) is 12.8 Å². The molecular weight excluding hydrogens is 359 g/mol. The van der Waals surface area contributed by atoms with Crippen molar-refractivity contribution in [3.05, 3.63) is 40.0 Å². The Morgan fingerprint density at radius 3 is 2.60 bits per heavy atom. The number of hydrogen-bond donors (Lipinski definition) is 0. The van der Waals surface area contributed by atoms with Gasteiger partial charge in [-0.25, -0.2) is 0 Å². The number of rotatable bonds is 5. The topological polar surface area (TPSA) is 36.3 Å². The van der Waals surface area contributed by atoms with Gasteiger partial charge in [-0.3, -0.25) is 4.90 Å². The van der Waals surface area contributed by atoms with Crippen LogP contribution in [0.4, 0.5) is 0 Å². The van der Waals surface area contributed by atoms with Crippen LogP contribution in [-0.2, 0) is 0 Å². The van der Waals surface area contributed by atoms with Crippen LogP contribution in [0.3, 0.4) is 0 Å². The summed E-state index contributed by atoms with van der Waals surface area (Å²) in [5.41, 5.74) is 0.675. The molecule has 0 atom stereocenters. The minimum Gasteiger partial charge on any atom is -0.493 e. The van der Waals surface area contributed by atoms with Crippen molar-refractivity contribution in [1.82, 2.24) is 4.90 Å². The zero-order chi connectivity index (χ0) is 14.2. The van der Waals surface area contributed by atoms with Gasteiger partial charge in [0.1, 0.15) is 5.75 Å². The maximum Gasteiger partial charge on any atom is 0.119 e. The summed E-state index contributed by atoms with van der Waals surface area (Å²) in [5.74, 6) is 1.50. The first-order valence-electron chi connectivity index (χ1n) is 6.92. The van der Waals surface area contributed by atoms with E-state index in [0.29, 0.717) is 11.5 Å². The van der Waals surface area contributed by atoms with E-state index in [1.807, 2.05) is 12.1 Å². The van der Waals surface area contributed by atoms with Crippen LogP contribution in [0.1, 0.15) is 18.4 Å². The molecule has 1 fully saturated rings. The number of likely N-dealkylation sites (tertiary alicyclic amines) is 1. The highest BCUT2D eigenvalue weighted by atomic mass is 123. The molecule has 3 nitrogen and oxygen atoms in total. The number of nitrogens with zero attached hydrogens (tertiary/aromatic N) is 2. The molecule has 4 heteroatoms. The lowest BCUT2D eigenvalue weighted by Gasteiger charge is -2.30. The van der Waals surface area contributed by atoms with Gasteiger partial charge in [-0.2, -0.15) is 5.26 Å². The van der Waals surface area contributed by atoms with Gasteiger partial charge in [0.25, 0.3) is 0 Å². The van der Waals surface area contributed by atoms with Gasteiger partial charge in [-0.05, 0) is 60.2 Å². The second-order valence-electron chi connectivity index (χ2n) is 5.05. The molecule has 20 heavy (non-hydrogen) atoms. The maximum absolute atomic E-state index is 8.75. The van der Waals surface area contributed by atoms with Crippen LogP contribution in [-0.4, -0.2) is 31.1 Å². The Bertz CT molecular complexity index is 470. The Kier molecular flexibility index (Phi) is 6.34. The van der Waals surface area contributed by atoms with Gasteiger partial charge in [-0.1, -0.05) is 28.7 Å². The fourth-order valence-corrected chi connectivity index (χ4v) is 2.59. The summed E-state index contributed by atoms with van der Waals surface area (Å²) < 4.78 is 7.90. The number of hydrogen-bond acceptors (Lipinski definition) is 3. The number of piperidine rings is 1. The fourth-order valence-electron chi connectivity index (χ4n) is 2.36. The summed E-state index contributed by atoms with van der Waals surface area (Å²) in [7, 11) is 0. The van der Waals surface area contributed by atoms with Crippen molar-refractivity contribution in [2.24, 2.45) is 5.92 Å². The Balaban J connectivity index is 1.71. The van der Waals surface area contributed by atoms with Gasteiger partial charge in [0, 0.05) is 6.54 Å². The molecule has 1 aromatic carbocycles. The van der Waals surface area contributed by atoms with Crippen molar-refractivity contribution in [1.29, 1.82) is 5.26 Å². The second kappa shape index (κ2) is 8.28. The van der Waals surface area contributed by atoms with E-state index in [9.17, 15) is 0 Å². The molecule has 1 saturated heterocycles. The molecule has 0 radical (unpaired) electrons. The van der Waals surface area contributed by atoms with Gasteiger partial charge >= 0.3 is 0 Å². The molecule has 0 spiro atoms. The quantitative estimate of drug-likeness (QED) is 0.735. The average Bonchev–Trinajstić information content (AvgIpc) is 2.52. The van der Waals surface area contributed by atoms with Crippen molar-refractivity contribution in [3.63, 3.8) is 0 Å². The molecule has 1 heterocycles. The highest BCUT2D eigenvalue weighted by molar-refractivity contribution is 14.1. The minimum atomic E-state index is 0.644. The Morgan fingerprint density at radius 1 is 1.30 bits per heavy atom. The molecule has 0 unspecified atom stereocenters. The smallest absolute Gasteiger partial charge is 0.119 e. The highest BCUT2D eigenvalue weighted by Crippen LogP contribution is 2.19. The van der Waals surface area contributed by atoms with E-state index in [2.05, 4.69) is 43.7 Å². The molecule has 0 aromatic heterocycles. The molecule has 1 aliphatic heterocycles. The first kappa shape index (κ1) is 15.3. The van der Waals surface area contributed by atoms with Crippen molar-refractivity contribution < 1.29 is 4.74 Å². The average molecular weight is 378 g/mol. The summed E-state index contributed by atoms with van der Waals surface area (Å²) in [4.78, 5) is 2.48. The van der Waals surface area contributed by atoms with E-state index in [1.54, 1.807) is 12.1 Å². The third-order valence-electron chi connectivity index (χ3n) is 3.63. The maximum atomic E-state index is 8.75. The van der Waals surface area contributed by atoms with Crippen molar-refractivity contribution >= 4 is 22.6 Å². The van der Waals surface area contributed by atoms with Crippen LogP contribution in [0.5, 0.6) is 5.75 Å². The predicted molar refractivity (Wildman–Crippen MR) is 89.0 cm³/mol. The van der Waals surface area contributed by atoms with Gasteiger partial charge < -0.3 is 4.74 Å². The normalized spacial score (nSPS) is 17.2. The zero-order valence-electron chi connectivity index (χ0n) is 11.5. The Hall–Kier alpha value is -1.06. The Morgan fingerprint density at radius 2 is 2.00 bits per heavy atom. The van der Waals surface area contributed by atoms with E-state index < -0.39 is 0 Å². The van der Waals surface area contributed by atoms with Crippen LogP contribution in [0.25, 0.3) is 0 Å². The van der Waals surface area contributed by atoms with Crippen molar-refractivity contribution in [3.8, 4) is 11.8 Å². The molecule has 0 bridgehead atoms. The monoisotopic (exact) mass is 378 g/mol. The molecule has 0 aliphatic carbocycles. The molecule has 1 aromatic rings. The van der Waals surface area contributed by atoms with E-state index in [0.717, 1.165) is 32.0 Å². The first-order valence-corrected chi connectivity index (χ1v) is 8.17. The van der Waals surface area contributed by atoms with E-state index in [4.69, 9.17) is 10.00 Å². The van der Waals surface area contributed by atoms with Crippen molar-refractivity contribution in [2.45, 2.75) is 12.8 Å². The SMILES string of the molecule is N#Cc1ccc(OCC2CCN(C/C=C/[123I])CC2)cc1. The number of benzene rings is 1. The largest absolute Gasteiger partial charge is 0.493 e. The third kappa shape index (κ3) is 4.80. The van der Waals surface area contributed by atoms with Crippen LogP contribution in [0.15, 0.2) is 34.4 Å². The second-order valence-corrected chi connectivity index (χ2v) is 5.77. The van der Waals surface area contributed by atoms with Crippen molar-refractivity contribution in [2.75, 3.05) is 26.2 Å². The molecule has 0 N–H and O–H groups in total. The fraction of sp³-hybridized carbons (Fsp3) is 0.438. The van der Waals surface area contributed by atoms with Gasteiger partial charge in [-0.15, -0.1) is 0 Å². The number of nitriles is 1. The number of halogens is 1. The van der Waals surface area contributed by atoms with Gasteiger partial charge in [0.2, 0.25) is 0 Å². The van der Waals surface area contributed by atoms with Crippen LogP contribution < -0.4 is 4.74 Å². The zero-order valence-corrected chi connectivity index (χ0v) is 13.6. The standard InChI is InChI=1S/C16H19IN2O/c17-8-1-9-19-10-6-15(7-11-19)13-20-16-4-2-14(12-18)3-5-16/h1-5,8,15H,6-7,9-11,13H2/b8-1+/i17-4. The summed E-state index contributed by atoms with van der Waals surface area (Å²) >= 11 is 2.27. The highest BCUT2D eigenvalue weighted by Gasteiger charge is 2.18. The summed E-state index contributed by atoms with van der Waals surface area (Å²) in [6.07, 6.45) is 4.60. The molecule has 0 amide bonds. The molecule has 1 aliphatic rings. The lowest BCUT2D eigenvalue weighted by atomic mass is 9.98. The molecular formula is C16H19IN2O. The van der Waals surface area contributed by atoms with Gasteiger partial charge in [0.05, 0.1) is 18.2 Å². The van der Waals surface area contributed by atoms with E-state index >= 15 is 0 Å². The Labute approximate surface area is 134 Å². The minimum absolute atomic E-state index is 0.644. The van der Waals surface area contributed by atoms with Crippen LogP contribution in [0, 0.1) is 17.2 Å². The summed E-state index contributed by atoms with van der Waals surface area (Å²) in [5, 5.41) is 8.75. The molecule has 2 rings (SSSR count). The number of ether oxygens (including phenoxy) is 1. The van der Waals surface area contributed by atoms with Crippen LogP contribution >= 0.6 is 22.6 Å². The van der Waals surface area contributed by atoms with E-state index in [-0.39, 0.29) is 0 Å². The molecule has 106 valence electrons. The molecule has 0 saturated carbocycles. The lowest BCUT2D eigenvalue weighted by molar-refractivity contribution is 0.150. The lowest BCUT2D eigenvalue weighted by Crippen LogP contribution is -2.35.